The number of rotatable bonds is 4. The van der Waals surface area contributed by atoms with Crippen molar-refractivity contribution in [3.63, 3.8) is 0 Å². The van der Waals surface area contributed by atoms with Crippen molar-refractivity contribution in [2.45, 2.75) is 48.9 Å². The van der Waals surface area contributed by atoms with Crippen LogP contribution in [0, 0.1) is 0 Å². The molecule has 1 aliphatic carbocycles. The molecule has 0 radical (unpaired) electrons. The molecule has 2 heterocycles. The zero-order valence-electron chi connectivity index (χ0n) is 12.3. The van der Waals surface area contributed by atoms with Crippen molar-refractivity contribution in [1.29, 1.82) is 0 Å². The molecule has 0 amide bonds. The number of hydrogen-bond acceptors (Lipinski definition) is 6. The smallest absolute Gasteiger partial charge is 0.335 e. The van der Waals surface area contributed by atoms with Crippen molar-refractivity contribution in [2.24, 2.45) is 0 Å². The van der Waals surface area contributed by atoms with E-state index in [0.29, 0.717) is 32.2 Å². The Morgan fingerprint density at radius 1 is 1.45 bits per heavy atom. The van der Waals surface area contributed by atoms with Crippen LogP contribution in [0.1, 0.15) is 31.4 Å². The Balaban J connectivity index is 1.52. The van der Waals surface area contributed by atoms with Gasteiger partial charge in [0.1, 0.15) is 5.03 Å². The van der Waals surface area contributed by atoms with Gasteiger partial charge in [0.05, 0.1) is 11.4 Å². The molecule has 22 heavy (non-hydrogen) atoms. The topological polar surface area (TPSA) is 94.5 Å². The summed E-state index contributed by atoms with van der Waals surface area (Å²) < 4.78 is 0. The first-order valence-corrected chi connectivity index (χ1v) is 8.61. The summed E-state index contributed by atoms with van der Waals surface area (Å²) in [6.45, 7) is 1.65. The van der Waals surface area contributed by atoms with Gasteiger partial charge >= 0.3 is 5.97 Å². The van der Waals surface area contributed by atoms with Crippen LogP contribution in [0.2, 0.25) is 0 Å². The van der Waals surface area contributed by atoms with E-state index in [0.717, 1.165) is 28.7 Å². The number of anilines is 1. The fourth-order valence-corrected chi connectivity index (χ4v) is 3.79. The maximum absolute atomic E-state index is 11.0. The lowest BCUT2D eigenvalue weighted by atomic mass is 9.82. The third kappa shape index (κ3) is 3.37. The average molecular weight is 323 g/mol. The summed E-state index contributed by atoms with van der Waals surface area (Å²) in [6, 6.07) is 4.32. The molecule has 0 spiro atoms. The molecule has 1 aromatic rings. The number of thioether (sulfide) groups is 1. The van der Waals surface area contributed by atoms with Crippen LogP contribution in [0.15, 0.2) is 17.2 Å². The van der Waals surface area contributed by atoms with Gasteiger partial charge < -0.3 is 20.8 Å². The normalized spacial score (nSPS) is 27.8. The van der Waals surface area contributed by atoms with Crippen LogP contribution in [0.5, 0.6) is 0 Å². The molecule has 4 N–H and O–H groups in total. The van der Waals surface area contributed by atoms with Crippen LogP contribution >= 0.6 is 11.8 Å². The quantitative estimate of drug-likeness (QED) is 0.666. The monoisotopic (exact) mass is 323 g/mol. The molecule has 2 aliphatic rings. The minimum Gasteiger partial charge on any atom is -0.479 e. The molecule has 1 saturated carbocycles. The van der Waals surface area contributed by atoms with Crippen molar-refractivity contribution in [1.82, 2.24) is 10.3 Å². The van der Waals surface area contributed by atoms with Crippen LogP contribution in [0.25, 0.3) is 0 Å². The van der Waals surface area contributed by atoms with Gasteiger partial charge in [-0.25, -0.2) is 9.78 Å². The number of nitrogens with zero attached hydrogens (tertiary/aromatic N) is 1. The van der Waals surface area contributed by atoms with E-state index in [9.17, 15) is 9.90 Å². The summed E-state index contributed by atoms with van der Waals surface area (Å²) in [5.74, 6) is -0.0698. The lowest BCUT2D eigenvalue weighted by Crippen LogP contribution is -2.46. The molecule has 1 aromatic heterocycles. The zero-order chi connectivity index (χ0) is 15.6. The first kappa shape index (κ1) is 15.6. The van der Waals surface area contributed by atoms with Gasteiger partial charge in [-0.15, -0.1) is 11.8 Å². The number of carboxylic acid groups (broad SMARTS) is 1. The van der Waals surface area contributed by atoms with E-state index in [1.54, 1.807) is 11.8 Å². The number of aromatic nitrogens is 1. The Hall–Kier alpha value is -1.31. The number of hydrogen-bond donors (Lipinski definition) is 4. The van der Waals surface area contributed by atoms with Crippen molar-refractivity contribution in [3.05, 3.63) is 17.8 Å². The third-order valence-corrected chi connectivity index (χ3v) is 5.35. The highest BCUT2D eigenvalue weighted by Crippen LogP contribution is 2.30. The first-order valence-electron chi connectivity index (χ1n) is 7.62. The molecule has 0 aromatic carbocycles. The second kappa shape index (κ2) is 6.44. The fraction of sp³-hybridized carbons (Fsp3) is 0.600. The van der Waals surface area contributed by atoms with Crippen molar-refractivity contribution >= 4 is 23.4 Å². The standard InChI is InChI=1S/C15H21N3O3S/c19-14(20)15(21)5-3-10(4-6-15)17-9-11-1-2-12-13(18-11)22-8-7-16-12/h1-2,10,16-17,21H,3-9H2,(H,19,20). The predicted molar refractivity (Wildman–Crippen MR) is 85.1 cm³/mol. The molecule has 120 valence electrons. The average Bonchev–Trinajstić information content (AvgIpc) is 2.54. The molecule has 0 unspecified atom stereocenters. The molecule has 0 bridgehead atoms. The van der Waals surface area contributed by atoms with Gasteiger partial charge in [-0.1, -0.05) is 0 Å². The maximum atomic E-state index is 11.0. The summed E-state index contributed by atoms with van der Waals surface area (Å²) in [6.07, 6.45) is 1.95. The largest absolute Gasteiger partial charge is 0.479 e. The second-order valence-corrected chi connectivity index (χ2v) is 7.01. The van der Waals surface area contributed by atoms with E-state index in [1.807, 2.05) is 6.07 Å². The number of aliphatic hydroxyl groups is 1. The van der Waals surface area contributed by atoms with Gasteiger partial charge in [-0.3, -0.25) is 0 Å². The first-order chi connectivity index (χ1) is 10.6. The highest BCUT2D eigenvalue weighted by molar-refractivity contribution is 7.99. The summed E-state index contributed by atoms with van der Waals surface area (Å²) >= 11 is 1.77. The minimum atomic E-state index is -1.54. The van der Waals surface area contributed by atoms with Gasteiger partial charge in [0.25, 0.3) is 0 Å². The summed E-state index contributed by atoms with van der Waals surface area (Å²) in [5.41, 5.74) is 0.558. The van der Waals surface area contributed by atoms with E-state index < -0.39 is 11.6 Å². The lowest BCUT2D eigenvalue weighted by Gasteiger charge is -2.33. The van der Waals surface area contributed by atoms with Gasteiger partial charge in [0, 0.05) is 24.9 Å². The van der Waals surface area contributed by atoms with E-state index >= 15 is 0 Å². The summed E-state index contributed by atoms with van der Waals surface area (Å²) in [4.78, 5) is 15.7. The van der Waals surface area contributed by atoms with Crippen LogP contribution in [0.3, 0.4) is 0 Å². The molecular formula is C15H21N3O3S. The number of fused-ring (bicyclic) bond motifs is 1. The maximum Gasteiger partial charge on any atom is 0.335 e. The highest BCUT2D eigenvalue weighted by Gasteiger charge is 2.39. The van der Waals surface area contributed by atoms with Crippen molar-refractivity contribution < 1.29 is 15.0 Å². The molecule has 1 aliphatic heterocycles. The molecule has 3 rings (SSSR count). The predicted octanol–water partition coefficient (Wildman–Crippen LogP) is 1.45. The second-order valence-electron chi connectivity index (χ2n) is 5.92. The van der Waals surface area contributed by atoms with E-state index in [-0.39, 0.29) is 6.04 Å². The summed E-state index contributed by atoms with van der Waals surface area (Å²) in [7, 11) is 0. The Bertz CT molecular complexity index is 559. The molecule has 0 saturated heterocycles. The lowest BCUT2D eigenvalue weighted by molar-refractivity contribution is -0.162. The van der Waals surface area contributed by atoms with Gasteiger partial charge in [0.2, 0.25) is 0 Å². The van der Waals surface area contributed by atoms with Crippen molar-refractivity contribution in [3.8, 4) is 0 Å². The third-order valence-electron chi connectivity index (χ3n) is 4.36. The molecule has 6 nitrogen and oxygen atoms in total. The van der Waals surface area contributed by atoms with E-state index in [4.69, 9.17) is 5.11 Å². The number of carboxylic acids is 1. The van der Waals surface area contributed by atoms with Crippen molar-refractivity contribution in [2.75, 3.05) is 17.6 Å². The molecule has 0 atom stereocenters. The number of aliphatic carboxylic acids is 1. The van der Waals surface area contributed by atoms with Crippen LogP contribution in [-0.4, -0.2) is 45.1 Å². The van der Waals surface area contributed by atoms with Gasteiger partial charge in [-0.05, 0) is 37.8 Å². The Kier molecular flexibility index (Phi) is 4.56. The van der Waals surface area contributed by atoms with Crippen LogP contribution in [-0.2, 0) is 11.3 Å². The Morgan fingerprint density at radius 3 is 2.95 bits per heavy atom. The van der Waals surface area contributed by atoms with Crippen LogP contribution < -0.4 is 10.6 Å². The fourth-order valence-electron chi connectivity index (χ4n) is 2.92. The Labute approximate surface area is 133 Å². The molecular weight excluding hydrogens is 302 g/mol. The zero-order valence-corrected chi connectivity index (χ0v) is 13.2. The van der Waals surface area contributed by atoms with Gasteiger partial charge in [0.15, 0.2) is 5.60 Å². The SMILES string of the molecule is O=C(O)C1(O)CCC(NCc2ccc3c(n2)SCCN3)CC1. The summed E-state index contributed by atoms with van der Waals surface area (Å²) in [5, 5.41) is 26.8. The van der Waals surface area contributed by atoms with E-state index in [1.165, 1.54) is 0 Å². The number of carbonyl (C=O) groups is 1. The number of pyridine rings is 1. The molecule has 7 heteroatoms. The van der Waals surface area contributed by atoms with Crippen LogP contribution in [0.4, 0.5) is 5.69 Å². The number of nitrogens with one attached hydrogen (secondary N) is 2. The van der Waals surface area contributed by atoms with Gasteiger partial charge in [-0.2, -0.15) is 0 Å². The van der Waals surface area contributed by atoms with E-state index in [2.05, 4.69) is 21.7 Å². The minimum absolute atomic E-state index is 0.239. The highest BCUT2D eigenvalue weighted by atomic mass is 32.2. The Morgan fingerprint density at radius 2 is 2.23 bits per heavy atom. The molecule has 1 fully saturated rings.